The maximum atomic E-state index is 11.3. The Bertz CT molecular complexity index is 584. The van der Waals surface area contributed by atoms with E-state index < -0.39 is 5.91 Å². The van der Waals surface area contributed by atoms with Gasteiger partial charge in [-0.2, -0.15) is 5.10 Å². The lowest BCUT2D eigenvalue weighted by atomic mass is 10.0. The van der Waals surface area contributed by atoms with Crippen LogP contribution in [0.3, 0.4) is 0 Å². The summed E-state index contributed by atoms with van der Waals surface area (Å²) in [6, 6.07) is 5.66. The van der Waals surface area contributed by atoms with Crippen molar-refractivity contribution in [1.29, 1.82) is 0 Å². The fraction of sp³-hybridized carbons (Fsp3) is 0.231. The lowest BCUT2D eigenvalue weighted by Crippen LogP contribution is -2.12. The van der Waals surface area contributed by atoms with Gasteiger partial charge in [0.05, 0.1) is 11.4 Å². The molecule has 0 aliphatic rings. The number of benzene rings is 1. The van der Waals surface area contributed by atoms with Gasteiger partial charge in [0.15, 0.2) is 0 Å². The van der Waals surface area contributed by atoms with E-state index in [4.69, 9.17) is 5.73 Å². The molecule has 0 atom stereocenters. The summed E-state index contributed by atoms with van der Waals surface area (Å²) < 4.78 is 0. The fourth-order valence-electron chi connectivity index (χ4n) is 1.81. The molecule has 1 heterocycles. The minimum Gasteiger partial charge on any atom is -0.366 e. The first-order valence-corrected chi connectivity index (χ1v) is 5.43. The average Bonchev–Trinajstić information content (AvgIpc) is 2.60. The van der Waals surface area contributed by atoms with Crippen LogP contribution < -0.4 is 5.73 Å². The minimum atomic E-state index is -0.404. The molecule has 1 amide bonds. The number of carbonyl (C=O) groups excluding carboxylic acids is 1. The van der Waals surface area contributed by atoms with Crippen LogP contribution in [-0.4, -0.2) is 16.1 Å². The number of aromatic amines is 1. The number of H-pyrrole nitrogens is 1. The molecule has 0 aliphatic heterocycles. The molecule has 0 saturated carbocycles. The Labute approximate surface area is 99.8 Å². The third-order valence-electron chi connectivity index (χ3n) is 3.04. The third kappa shape index (κ3) is 1.93. The summed E-state index contributed by atoms with van der Waals surface area (Å²) in [6.07, 6.45) is 0. The largest absolute Gasteiger partial charge is 0.366 e. The Morgan fingerprint density at radius 2 is 2.00 bits per heavy atom. The van der Waals surface area contributed by atoms with Crippen molar-refractivity contribution in [3.63, 3.8) is 0 Å². The molecule has 1 aromatic heterocycles. The van der Waals surface area contributed by atoms with Crippen molar-refractivity contribution in [2.45, 2.75) is 20.8 Å². The summed E-state index contributed by atoms with van der Waals surface area (Å²) in [5.41, 5.74) is 10.7. The normalized spacial score (nSPS) is 10.5. The molecular formula is C13H15N3O. The van der Waals surface area contributed by atoms with Gasteiger partial charge in [-0.3, -0.25) is 9.89 Å². The second-order valence-corrected chi connectivity index (χ2v) is 4.20. The number of nitrogens with one attached hydrogen (secondary N) is 1. The van der Waals surface area contributed by atoms with Crippen LogP contribution in [0.15, 0.2) is 18.2 Å². The van der Waals surface area contributed by atoms with Crippen molar-refractivity contribution in [3.8, 4) is 11.3 Å². The van der Waals surface area contributed by atoms with E-state index in [0.717, 1.165) is 28.1 Å². The number of rotatable bonds is 2. The van der Waals surface area contributed by atoms with Crippen LogP contribution in [0.4, 0.5) is 0 Å². The maximum Gasteiger partial charge on any atom is 0.248 e. The number of aryl methyl sites for hydroxylation is 2. The van der Waals surface area contributed by atoms with Crippen LogP contribution in [0.5, 0.6) is 0 Å². The summed E-state index contributed by atoms with van der Waals surface area (Å²) in [7, 11) is 0. The average molecular weight is 229 g/mol. The van der Waals surface area contributed by atoms with Gasteiger partial charge < -0.3 is 5.73 Å². The highest BCUT2D eigenvalue weighted by Gasteiger charge is 2.11. The van der Waals surface area contributed by atoms with Gasteiger partial charge >= 0.3 is 0 Å². The predicted molar refractivity (Wildman–Crippen MR) is 66.8 cm³/mol. The minimum absolute atomic E-state index is 0.404. The lowest BCUT2D eigenvalue weighted by molar-refractivity contribution is 0.1000. The number of hydrogen-bond donors (Lipinski definition) is 2. The van der Waals surface area contributed by atoms with Crippen LogP contribution in [0.1, 0.15) is 27.2 Å². The van der Waals surface area contributed by atoms with Crippen LogP contribution >= 0.6 is 0 Å². The summed E-state index contributed by atoms with van der Waals surface area (Å²) in [5.74, 6) is -0.404. The van der Waals surface area contributed by atoms with Crippen LogP contribution in [-0.2, 0) is 0 Å². The van der Waals surface area contributed by atoms with Crippen molar-refractivity contribution >= 4 is 5.91 Å². The molecule has 4 nitrogen and oxygen atoms in total. The van der Waals surface area contributed by atoms with Gasteiger partial charge in [-0.25, -0.2) is 0 Å². The van der Waals surface area contributed by atoms with Crippen molar-refractivity contribution < 1.29 is 4.79 Å². The number of nitrogens with zero attached hydrogens (tertiary/aromatic N) is 1. The summed E-state index contributed by atoms with van der Waals surface area (Å²) in [6.45, 7) is 5.81. The smallest absolute Gasteiger partial charge is 0.248 e. The Morgan fingerprint density at radius 1 is 1.29 bits per heavy atom. The number of primary amides is 1. The Hall–Kier alpha value is -2.10. The molecule has 0 unspecified atom stereocenters. The van der Waals surface area contributed by atoms with E-state index in [1.165, 1.54) is 0 Å². The fourth-order valence-corrected chi connectivity index (χ4v) is 1.81. The molecule has 88 valence electrons. The Morgan fingerprint density at radius 3 is 2.53 bits per heavy atom. The van der Waals surface area contributed by atoms with E-state index in [9.17, 15) is 4.79 Å². The van der Waals surface area contributed by atoms with Crippen LogP contribution in [0, 0.1) is 20.8 Å². The molecule has 0 fully saturated rings. The quantitative estimate of drug-likeness (QED) is 0.827. The molecule has 0 aliphatic carbocycles. The van der Waals surface area contributed by atoms with Gasteiger partial charge in [-0.1, -0.05) is 12.1 Å². The second kappa shape index (κ2) is 4.05. The number of amides is 1. The van der Waals surface area contributed by atoms with Gasteiger partial charge in [-0.05, 0) is 38.0 Å². The second-order valence-electron chi connectivity index (χ2n) is 4.20. The molecule has 0 spiro atoms. The molecule has 3 N–H and O–H groups in total. The topological polar surface area (TPSA) is 71.8 Å². The van der Waals surface area contributed by atoms with E-state index in [1.807, 2.05) is 32.9 Å². The standard InChI is InChI=1S/C13H15N3O/c1-7-4-5-10(6-11(7)13(14)17)12-8(2)9(3)15-16-12/h4-6H,1-3H3,(H2,14,17)(H,15,16). The highest BCUT2D eigenvalue weighted by Crippen LogP contribution is 2.24. The van der Waals surface area contributed by atoms with Crippen LogP contribution in [0.25, 0.3) is 11.3 Å². The predicted octanol–water partition coefficient (Wildman–Crippen LogP) is 2.10. The maximum absolute atomic E-state index is 11.3. The molecule has 4 heteroatoms. The first-order chi connectivity index (χ1) is 8.00. The van der Waals surface area contributed by atoms with Gasteiger partial charge in [-0.15, -0.1) is 0 Å². The Balaban J connectivity index is 2.58. The van der Waals surface area contributed by atoms with Crippen molar-refractivity contribution in [3.05, 3.63) is 40.6 Å². The van der Waals surface area contributed by atoms with Gasteiger partial charge in [0.2, 0.25) is 5.91 Å². The number of aromatic nitrogens is 2. The van der Waals surface area contributed by atoms with Crippen LogP contribution in [0.2, 0.25) is 0 Å². The monoisotopic (exact) mass is 229 g/mol. The number of carbonyl (C=O) groups is 1. The van der Waals surface area contributed by atoms with Gasteiger partial charge in [0, 0.05) is 11.1 Å². The molecule has 2 rings (SSSR count). The molecule has 1 aromatic carbocycles. The highest BCUT2D eigenvalue weighted by molar-refractivity contribution is 5.95. The summed E-state index contributed by atoms with van der Waals surface area (Å²) in [5, 5.41) is 7.12. The Kier molecular flexibility index (Phi) is 2.71. The zero-order valence-corrected chi connectivity index (χ0v) is 10.2. The summed E-state index contributed by atoms with van der Waals surface area (Å²) >= 11 is 0. The van der Waals surface area contributed by atoms with Crippen molar-refractivity contribution in [1.82, 2.24) is 10.2 Å². The zero-order chi connectivity index (χ0) is 12.6. The van der Waals surface area contributed by atoms with E-state index in [-0.39, 0.29) is 0 Å². The molecule has 0 radical (unpaired) electrons. The van der Waals surface area contributed by atoms with Crippen molar-refractivity contribution in [2.24, 2.45) is 5.73 Å². The van der Waals surface area contributed by atoms with Gasteiger partial charge in [0.25, 0.3) is 0 Å². The number of nitrogens with two attached hydrogens (primary N) is 1. The number of hydrogen-bond acceptors (Lipinski definition) is 2. The van der Waals surface area contributed by atoms with E-state index in [1.54, 1.807) is 6.07 Å². The van der Waals surface area contributed by atoms with E-state index in [2.05, 4.69) is 10.2 Å². The first-order valence-electron chi connectivity index (χ1n) is 5.43. The molecule has 0 bridgehead atoms. The van der Waals surface area contributed by atoms with E-state index >= 15 is 0 Å². The molecule has 0 saturated heterocycles. The lowest BCUT2D eigenvalue weighted by Gasteiger charge is -2.05. The highest BCUT2D eigenvalue weighted by atomic mass is 16.1. The SMILES string of the molecule is Cc1ccc(-c2[nH]nc(C)c2C)cc1C(N)=O. The third-order valence-corrected chi connectivity index (χ3v) is 3.04. The molecule has 17 heavy (non-hydrogen) atoms. The molecular weight excluding hydrogens is 214 g/mol. The van der Waals surface area contributed by atoms with Crippen molar-refractivity contribution in [2.75, 3.05) is 0 Å². The molecule has 2 aromatic rings. The first kappa shape index (κ1) is 11.4. The summed E-state index contributed by atoms with van der Waals surface area (Å²) in [4.78, 5) is 11.3. The zero-order valence-electron chi connectivity index (χ0n) is 10.2. The van der Waals surface area contributed by atoms with Gasteiger partial charge in [0.1, 0.15) is 0 Å². The van der Waals surface area contributed by atoms with E-state index in [0.29, 0.717) is 5.56 Å².